The Labute approximate surface area is 173 Å². The average Bonchev–Trinajstić information content (AvgIpc) is 3.27. The van der Waals surface area contributed by atoms with Gasteiger partial charge in [0.15, 0.2) is 6.10 Å². The van der Waals surface area contributed by atoms with E-state index in [1.807, 2.05) is 66.7 Å². The zero-order valence-electron chi connectivity index (χ0n) is 16.7. The molecule has 1 heterocycles. The normalized spacial score (nSPS) is 11.8. The standard InChI is InChI=1S/C23H21N3O4/c1-15(29-20-12-6-8-16-7-3-4-11-19(16)20)23(27)24-14-21-25-22(26-30-21)17-9-5-10-18(13-17)28-2/h3-13,15H,14H2,1-2H3,(H,24,27). The molecule has 1 N–H and O–H groups in total. The number of benzene rings is 3. The Morgan fingerprint density at radius 1 is 1.10 bits per heavy atom. The Bertz CT molecular complexity index is 1170. The van der Waals surface area contributed by atoms with Crippen molar-refractivity contribution in [2.75, 3.05) is 7.11 Å². The minimum atomic E-state index is -0.684. The van der Waals surface area contributed by atoms with Crippen molar-refractivity contribution in [1.82, 2.24) is 15.5 Å². The number of nitrogens with zero attached hydrogens (tertiary/aromatic N) is 2. The zero-order chi connectivity index (χ0) is 20.9. The molecular formula is C23H21N3O4. The van der Waals surface area contributed by atoms with E-state index in [0.29, 0.717) is 23.2 Å². The molecule has 1 atom stereocenters. The maximum atomic E-state index is 12.5. The summed E-state index contributed by atoms with van der Waals surface area (Å²) in [6.45, 7) is 1.81. The number of rotatable bonds is 7. The van der Waals surface area contributed by atoms with Crippen LogP contribution in [-0.2, 0) is 11.3 Å². The molecule has 1 unspecified atom stereocenters. The summed E-state index contributed by atoms with van der Waals surface area (Å²) in [6.07, 6.45) is -0.684. The van der Waals surface area contributed by atoms with Crippen molar-refractivity contribution in [3.63, 3.8) is 0 Å². The highest BCUT2D eigenvalue weighted by Crippen LogP contribution is 2.26. The third kappa shape index (κ3) is 4.25. The lowest BCUT2D eigenvalue weighted by Crippen LogP contribution is -2.36. The van der Waals surface area contributed by atoms with Crippen LogP contribution in [0, 0.1) is 0 Å². The summed E-state index contributed by atoms with van der Waals surface area (Å²) in [5, 5.41) is 8.74. The SMILES string of the molecule is COc1cccc(-c2noc(CNC(=O)C(C)Oc3cccc4ccccc34)n2)c1. The van der Waals surface area contributed by atoms with Crippen LogP contribution in [0.25, 0.3) is 22.2 Å². The third-order valence-electron chi connectivity index (χ3n) is 4.63. The van der Waals surface area contributed by atoms with Crippen molar-refractivity contribution in [1.29, 1.82) is 0 Å². The summed E-state index contributed by atoms with van der Waals surface area (Å²) >= 11 is 0. The van der Waals surface area contributed by atoms with Gasteiger partial charge in [-0.3, -0.25) is 4.79 Å². The molecule has 0 saturated heterocycles. The fourth-order valence-electron chi connectivity index (χ4n) is 3.05. The Morgan fingerprint density at radius 2 is 1.90 bits per heavy atom. The van der Waals surface area contributed by atoms with E-state index in [0.717, 1.165) is 16.3 Å². The van der Waals surface area contributed by atoms with Gasteiger partial charge >= 0.3 is 0 Å². The number of methoxy groups -OCH3 is 1. The number of amides is 1. The maximum Gasteiger partial charge on any atom is 0.261 e. The molecular weight excluding hydrogens is 382 g/mol. The van der Waals surface area contributed by atoms with Gasteiger partial charge in [0, 0.05) is 10.9 Å². The van der Waals surface area contributed by atoms with Gasteiger partial charge in [-0.15, -0.1) is 0 Å². The molecule has 1 aromatic heterocycles. The van der Waals surface area contributed by atoms with Crippen molar-refractivity contribution in [2.24, 2.45) is 0 Å². The molecule has 0 saturated carbocycles. The van der Waals surface area contributed by atoms with Crippen LogP contribution < -0.4 is 14.8 Å². The Kier molecular flexibility index (Phi) is 5.61. The van der Waals surface area contributed by atoms with Crippen molar-refractivity contribution in [3.8, 4) is 22.9 Å². The van der Waals surface area contributed by atoms with E-state index in [1.54, 1.807) is 14.0 Å². The number of nitrogens with one attached hydrogen (secondary N) is 1. The predicted octanol–water partition coefficient (Wildman–Crippen LogP) is 3.98. The van der Waals surface area contributed by atoms with Crippen LogP contribution in [0.2, 0.25) is 0 Å². The fraction of sp³-hybridized carbons (Fsp3) is 0.174. The molecule has 0 spiro atoms. The molecule has 0 radical (unpaired) electrons. The van der Waals surface area contributed by atoms with Crippen LogP contribution in [0.4, 0.5) is 0 Å². The second-order valence-corrected chi connectivity index (χ2v) is 6.70. The van der Waals surface area contributed by atoms with E-state index < -0.39 is 6.10 Å². The van der Waals surface area contributed by atoms with Gasteiger partial charge in [-0.1, -0.05) is 53.7 Å². The Hall–Kier alpha value is -3.87. The summed E-state index contributed by atoms with van der Waals surface area (Å²) in [7, 11) is 1.60. The Morgan fingerprint density at radius 3 is 2.77 bits per heavy atom. The number of aromatic nitrogens is 2. The molecule has 0 aliphatic rings. The van der Waals surface area contributed by atoms with Crippen molar-refractivity contribution in [2.45, 2.75) is 19.6 Å². The first-order valence-corrected chi connectivity index (χ1v) is 9.53. The minimum Gasteiger partial charge on any atom is -0.497 e. The van der Waals surface area contributed by atoms with Gasteiger partial charge in [0.1, 0.15) is 11.5 Å². The summed E-state index contributed by atoms with van der Waals surface area (Å²) < 4.78 is 16.3. The molecule has 30 heavy (non-hydrogen) atoms. The van der Waals surface area contributed by atoms with Crippen LogP contribution in [0.3, 0.4) is 0 Å². The molecule has 1 amide bonds. The molecule has 7 heteroatoms. The molecule has 7 nitrogen and oxygen atoms in total. The van der Waals surface area contributed by atoms with Crippen molar-refractivity contribution >= 4 is 16.7 Å². The van der Waals surface area contributed by atoms with Crippen LogP contribution >= 0.6 is 0 Å². The summed E-state index contributed by atoms with van der Waals surface area (Å²) in [5.74, 6) is 1.82. The van der Waals surface area contributed by atoms with Crippen molar-refractivity contribution in [3.05, 3.63) is 72.6 Å². The first-order chi connectivity index (χ1) is 14.6. The highest BCUT2D eigenvalue weighted by atomic mass is 16.5. The monoisotopic (exact) mass is 403 g/mol. The van der Waals surface area contributed by atoms with Crippen LogP contribution in [0.1, 0.15) is 12.8 Å². The van der Waals surface area contributed by atoms with E-state index in [1.165, 1.54) is 0 Å². The number of hydrogen-bond acceptors (Lipinski definition) is 6. The Balaban J connectivity index is 1.38. The average molecular weight is 403 g/mol. The molecule has 4 rings (SSSR count). The van der Waals surface area contributed by atoms with Gasteiger partial charge in [0.2, 0.25) is 11.7 Å². The van der Waals surface area contributed by atoms with Gasteiger partial charge < -0.3 is 19.3 Å². The van der Waals surface area contributed by atoms with Gasteiger partial charge in [-0.05, 0) is 30.5 Å². The lowest BCUT2D eigenvalue weighted by atomic mass is 10.1. The van der Waals surface area contributed by atoms with Gasteiger partial charge in [0.05, 0.1) is 13.7 Å². The topological polar surface area (TPSA) is 86.5 Å². The highest BCUT2D eigenvalue weighted by Gasteiger charge is 2.17. The van der Waals surface area contributed by atoms with Crippen molar-refractivity contribution < 1.29 is 18.8 Å². The number of ether oxygens (including phenoxy) is 2. The molecule has 0 bridgehead atoms. The second-order valence-electron chi connectivity index (χ2n) is 6.70. The van der Waals surface area contributed by atoms with E-state index in [9.17, 15) is 4.79 Å². The van der Waals surface area contributed by atoms with E-state index in [4.69, 9.17) is 14.0 Å². The van der Waals surface area contributed by atoms with Gasteiger partial charge in [-0.2, -0.15) is 4.98 Å². The largest absolute Gasteiger partial charge is 0.497 e. The predicted molar refractivity (Wildman–Crippen MR) is 112 cm³/mol. The quantitative estimate of drug-likeness (QED) is 0.502. The fourth-order valence-corrected chi connectivity index (χ4v) is 3.05. The van der Waals surface area contributed by atoms with Gasteiger partial charge in [0.25, 0.3) is 5.91 Å². The van der Waals surface area contributed by atoms with Gasteiger partial charge in [-0.25, -0.2) is 0 Å². The molecule has 152 valence electrons. The van der Waals surface area contributed by atoms with E-state index in [-0.39, 0.29) is 12.5 Å². The molecule has 0 aliphatic heterocycles. The zero-order valence-corrected chi connectivity index (χ0v) is 16.7. The molecule has 4 aromatic rings. The summed E-state index contributed by atoms with van der Waals surface area (Å²) in [4.78, 5) is 16.8. The van der Waals surface area contributed by atoms with Crippen LogP contribution in [0.5, 0.6) is 11.5 Å². The van der Waals surface area contributed by atoms with E-state index >= 15 is 0 Å². The number of fused-ring (bicyclic) bond motifs is 1. The summed E-state index contributed by atoms with van der Waals surface area (Å²) in [5.41, 5.74) is 0.767. The van der Waals surface area contributed by atoms with Crippen LogP contribution in [0.15, 0.2) is 71.3 Å². The lowest BCUT2D eigenvalue weighted by Gasteiger charge is -2.15. The number of hydrogen-bond donors (Lipinski definition) is 1. The first kappa shape index (κ1) is 19.4. The third-order valence-corrected chi connectivity index (χ3v) is 4.63. The molecule has 0 fully saturated rings. The summed E-state index contributed by atoms with van der Waals surface area (Å²) in [6, 6.07) is 21.0. The molecule has 3 aromatic carbocycles. The van der Waals surface area contributed by atoms with E-state index in [2.05, 4.69) is 15.5 Å². The number of carbonyl (C=O) groups excluding carboxylic acids is 1. The maximum absolute atomic E-state index is 12.5. The smallest absolute Gasteiger partial charge is 0.261 e. The van der Waals surface area contributed by atoms with Crippen LogP contribution in [-0.4, -0.2) is 29.3 Å². The number of carbonyl (C=O) groups is 1. The highest BCUT2D eigenvalue weighted by molar-refractivity contribution is 5.89. The molecule has 0 aliphatic carbocycles. The first-order valence-electron chi connectivity index (χ1n) is 9.53. The lowest BCUT2D eigenvalue weighted by molar-refractivity contribution is -0.127. The second kappa shape index (κ2) is 8.65. The minimum absolute atomic E-state index is 0.110.